The van der Waals surface area contributed by atoms with Crippen LogP contribution in [-0.4, -0.2) is 12.6 Å². The van der Waals surface area contributed by atoms with Gasteiger partial charge in [0.2, 0.25) is 0 Å². The number of rotatable bonds is 21. The number of hydrogen-bond acceptors (Lipinski definition) is 4. The first kappa shape index (κ1) is 31.9. The zero-order valence-corrected chi connectivity index (χ0v) is 25.7. The third-order valence-electron chi connectivity index (χ3n) is 7.39. The van der Waals surface area contributed by atoms with Gasteiger partial charge in [-0.2, -0.15) is 0 Å². The molecule has 2 aromatic carbocycles. The van der Waals surface area contributed by atoms with Crippen LogP contribution in [0.4, 0.5) is 0 Å². The summed E-state index contributed by atoms with van der Waals surface area (Å²) in [6.45, 7) is 5.22. The summed E-state index contributed by atoms with van der Waals surface area (Å²) in [5.41, 5.74) is 1.70. The average molecular weight is 563 g/mol. The predicted octanol–water partition coefficient (Wildman–Crippen LogP) is 11.4. The molecule has 0 radical (unpaired) electrons. The largest absolute Gasteiger partial charge is 0.494 e. The van der Waals surface area contributed by atoms with E-state index >= 15 is 0 Å². The maximum Gasteiger partial charge on any atom is 0.343 e. The van der Waals surface area contributed by atoms with Gasteiger partial charge < -0.3 is 9.47 Å². The number of carbonyl (C=O) groups excluding carboxylic acids is 1. The standard InChI is InChI=1S/C36H50O3S/c1-3-5-7-9-10-11-12-13-14-16-18-34-27-28-35(40-34)30-19-21-31(22-20-30)36(37)39-33-25-23-32(24-26-33)38-29-17-15-8-6-4-2/h19-28H,3-18,29H2,1-2H3. The van der Waals surface area contributed by atoms with Gasteiger partial charge in [-0.1, -0.05) is 109 Å². The second-order valence-electron chi connectivity index (χ2n) is 10.9. The fourth-order valence-corrected chi connectivity index (χ4v) is 5.95. The smallest absolute Gasteiger partial charge is 0.343 e. The van der Waals surface area contributed by atoms with E-state index in [1.807, 2.05) is 47.7 Å². The molecule has 0 amide bonds. The summed E-state index contributed by atoms with van der Waals surface area (Å²) in [5.74, 6) is 0.992. The van der Waals surface area contributed by atoms with Crippen LogP contribution in [-0.2, 0) is 6.42 Å². The third kappa shape index (κ3) is 12.3. The summed E-state index contributed by atoms with van der Waals surface area (Å²) >= 11 is 1.87. The SMILES string of the molecule is CCCCCCCCCCCCc1ccc(-c2ccc(C(=O)Oc3ccc(OCCCCCCC)cc3)cc2)s1. The van der Waals surface area contributed by atoms with Gasteiger partial charge in [0.05, 0.1) is 12.2 Å². The Morgan fingerprint density at radius 3 is 1.77 bits per heavy atom. The van der Waals surface area contributed by atoms with Crippen molar-refractivity contribution in [3.8, 4) is 21.9 Å². The van der Waals surface area contributed by atoms with E-state index in [-0.39, 0.29) is 5.97 Å². The van der Waals surface area contributed by atoms with Gasteiger partial charge in [0.1, 0.15) is 11.5 Å². The van der Waals surface area contributed by atoms with E-state index in [9.17, 15) is 4.79 Å². The molecular weight excluding hydrogens is 512 g/mol. The zero-order valence-electron chi connectivity index (χ0n) is 24.9. The average Bonchev–Trinajstić information content (AvgIpc) is 3.46. The van der Waals surface area contributed by atoms with Gasteiger partial charge in [0, 0.05) is 9.75 Å². The van der Waals surface area contributed by atoms with Crippen LogP contribution in [0.5, 0.6) is 11.5 Å². The number of aryl methyl sites for hydroxylation is 1. The first-order valence-corrected chi connectivity index (χ1v) is 16.7. The van der Waals surface area contributed by atoms with Gasteiger partial charge in [-0.3, -0.25) is 0 Å². The lowest BCUT2D eigenvalue weighted by Crippen LogP contribution is -2.08. The Balaban J connectivity index is 1.35. The molecule has 4 heteroatoms. The van der Waals surface area contributed by atoms with Crippen molar-refractivity contribution in [2.24, 2.45) is 0 Å². The van der Waals surface area contributed by atoms with E-state index in [0.29, 0.717) is 11.3 Å². The van der Waals surface area contributed by atoms with Crippen LogP contribution >= 0.6 is 11.3 Å². The zero-order chi connectivity index (χ0) is 28.3. The number of esters is 1. The van der Waals surface area contributed by atoms with Crippen LogP contribution in [0.3, 0.4) is 0 Å². The van der Waals surface area contributed by atoms with Crippen molar-refractivity contribution < 1.29 is 14.3 Å². The normalized spacial score (nSPS) is 11.1. The van der Waals surface area contributed by atoms with Gasteiger partial charge in [-0.25, -0.2) is 4.79 Å². The van der Waals surface area contributed by atoms with Crippen molar-refractivity contribution in [2.45, 2.75) is 117 Å². The second kappa shape index (κ2) is 19.5. The fraction of sp³-hybridized carbons (Fsp3) is 0.528. The molecule has 0 atom stereocenters. The molecule has 3 rings (SSSR count). The van der Waals surface area contributed by atoms with Gasteiger partial charge in [-0.15, -0.1) is 11.3 Å². The van der Waals surface area contributed by atoms with Crippen LogP contribution in [0.2, 0.25) is 0 Å². The highest BCUT2D eigenvalue weighted by Gasteiger charge is 2.10. The van der Waals surface area contributed by atoms with Crippen LogP contribution in [0, 0.1) is 0 Å². The van der Waals surface area contributed by atoms with Crippen LogP contribution in [0.15, 0.2) is 60.7 Å². The van der Waals surface area contributed by atoms with Crippen LogP contribution in [0.25, 0.3) is 10.4 Å². The molecule has 0 fully saturated rings. The monoisotopic (exact) mass is 562 g/mol. The lowest BCUT2D eigenvalue weighted by molar-refractivity contribution is 0.0734. The number of unbranched alkanes of at least 4 members (excludes halogenated alkanes) is 13. The molecule has 0 saturated heterocycles. The molecule has 1 heterocycles. The molecule has 1 aromatic heterocycles. The minimum atomic E-state index is -0.344. The summed E-state index contributed by atoms with van der Waals surface area (Å²) in [6, 6.07) is 19.5. The maximum absolute atomic E-state index is 12.7. The molecule has 0 spiro atoms. The third-order valence-corrected chi connectivity index (χ3v) is 8.59. The quantitative estimate of drug-likeness (QED) is 0.0736. The van der Waals surface area contributed by atoms with Gasteiger partial charge in [0.15, 0.2) is 0 Å². The molecule has 0 bridgehead atoms. The highest BCUT2D eigenvalue weighted by Crippen LogP contribution is 2.30. The van der Waals surface area contributed by atoms with E-state index in [1.54, 1.807) is 12.1 Å². The summed E-state index contributed by atoms with van der Waals surface area (Å²) < 4.78 is 11.4. The molecule has 0 aliphatic carbocycles. The second-order valence-corrected chi connectivity index (χ2v) is 12.1. The van der Waals surface area contributed by atoms with Gasteiger partial charge >= 0.3 is 5.97 Å². The van der Waals surface area contributed by atoms with Crippen LogP contribution < -0.4 is 9.47 Å². The Morgan fingerprint density at radius 2 is 1.15 bits per heavy atom. The highest BCUT2D eigenvalue weighted by molar-refractivity contribution is 7.15. The van der Waals surface area contributed by atoms with Crippen molar-refractivity contribution in [3.05, 3.63) is 71.1 Å². The Bertz CT molecular complexity index is 1070. The molecule has 0 aliphatic heterocycles. The molecule has 40 heavy (non-hydrogen) atoms. The summed E-state index contributed by atoms with van der Waals surface area (Å²) in [7, 11) is 0. The number of thiophene rings is 1. The number of carbonyl (C=O) groups is 1. The van der Waals surface area contributed by atoms with Crippen molar-refractivity contribution in [2.75, 3.05) is 6.61 Å². The predicted molar refractivity (Wildman–Crippen MR) is 171 cm³/mol. The topological polar surface area (TPSA) is 35.5 Å². The Kier molecular flexibility index (Phi) is 15.6. The fourth-order valence-electron chi connectivity index (χ4n) is 4.89. The molecular formula is C36H50O3S. The molecule has 0 unspecified atom stereocenters. The minimum absolute atomic E-state index is 0.344. The molecule has 3 aromatic rings. The summed E-state index contributed by atoms with van der Waals surface area (Å²) in [4.78, 5) is 15.4. The number of ether oxygens (including phenoxy) is 2. The molecule has 0 aliphatic rings. The first-order chi connectivity index (χ1) is 19.7. The molecule has 218 valence electrons. The summed E-state index contributed by atoms with van der Waals surface area (Å²) in [6.07, 6.45) is 20.9. The summed E-state index contributed by atoms with van der Waals surface area (Å²) in [5, 5.41) is 0. The minimum Gasteiger partial charge on any atom is -0.494 e. The number of benzene rings is 2. The van der Waals surface area contributed by atoms with E-state index < -0.39 is 0 Å². The van der Waals surface area contributed by atoms with E-state index in [0.717, 1.165) is 30.8 Å². The Morgan fingerprint density at radius 1 is 0.600 bits per heavy atom. The first-order valence-electron chi connectivity index (χ1n) is 15.8. The van der Waals surface area contributed by atoms with Crippen molar-refractivity contribution in [1.29, 1.82) is 0 Å². The lowest BCUT2D eigenvalue weighted by atomic mass is 10.1. The van der Waals surface area contributed by atoms with Crippen molar-refractivity contribution in [3.63, 3.8) is 0 Å². The lowest BCUT2D eigenvalue weighted by Gasteiger charge is -2.08. The Labute approximate surface area is 247 Å². The molecule has 3 nitrogen and oxygen atoms in total. The van der Waals surface area contributed by atoms with Gasteiger partial charge in [-0.05, 0) is 73.4 Å². The molecule has 0 saturated carbocycles. The van der Waals surface area contributed by atoms with Crippen molar-refractivity contribution in [1.82, 2.24) is 0 Å². The molecule has 0 N–H and O–H groups in total. The van der Waals surface area contributed by atoms with Crippen LogP contribution in [0.1, 0.15) is 125 Å². The van der Waals surface area contributed by atoms with E-state index in [4.69, 9.17) is 9.47 Å². The van der Waals surface area contributed by atoms with Crippen molar-refractivity contribution >= 4 is 17.3 Å². The number of hydrogen-bond donors (Lipinski definition) is 0. The Hall–Kier alpha value is -2.59. The maximum atomic E-state index is 12.7. The van der Waals surface area contributed by atoms with E-state index in [2.05, 4.69) is 26.0 Å². The van der Waals surface area contributed by atoms with Gasteiger partial charge in [0.25, 0.3) is 0 Å². The highest BCUT2D eigenvalue weighted by atomic mass is 32.1. The van der Waals surface area contributed by atoms with E-state index in [1.165, 1.54) is 99.6 Å².